The van der Waals surface area contributed by atoms with Crippen LogP contribution in [0.15, 0.2) is 23.4 Å². The van der Waals surface area contributed by atoms with Crippen molar-refractivity contribution in [3.05, 3.63) is 28.9 Å². The molecule has 0 unspecified atom stereocenters. The maximum atomic E-state index is 11.4. The summed E-state index contributed by atoms with van der Waals surface area (Å²) >= 11 is 0. The Bertz CT molecular complexity index is 517. The molecule has 0 saturated heterocycles. The molecule has 0 bridgehead atoms. The van der Waals surface area contributed by atoms with Crippen LogP contribution in [0.2, 0.25) is 0 Å². The van der Waals surface area contributed by atoms with E-state index in [0.29, 0.717) is 5.65 Å². The van der Waals surface area contributed by atoms with Crippen molar-refractivity contribution in [2.45, 2.75) is 0 Å². The van der Waals surface area contributed by atoms with Crippen molar-refractivity contribution >= 4 is 16.7 Å². The van der Waals surface area contributed by atoms with Gasteiger partial charge in [0.05, 0.1) is 5.69 Å². The molecular weight excluding hydrogens is 168 g/mol. The molecule has 0 saturated carbocycles. The molecule has 66 valence electrons. The summed E-state index contributed by atoms with van der Waals surface area (Å²) in [4.78, 5) is 19.2. The molecule has 2 rings (SSSR count). The average molecular weight is 176 g/mol. The highest BCUT2D eigenvalue weighted by atomic mass is 16.1. The maximum Gasteiger partial charge on any atom is 0.275 e. The number of aromatic nitrogens is 3. The molecule has 0 fully saturated rings. The fourth-order valence-corrected chi connectivity index (χ4v) is 1.24. The van der Waals surface area contributed by atoms with E-state index in [2.05, 4.69) is 9.97 Å². The van der Waals surface area contributed by atoms with Gasteiger partial charge in [0.25, 0.3) is 5.56 Å². The number of hydrogen-bond donors (Lipinski definition) is 1. The first-order valence-corrected chi connectivity index (χ1v) is 3.75. The van der Waals surface area contributed by atoms with Crippen LogP contribution in [0.1, 0.15) is 0 Å². The predicted molar refractivity (Wildman–Crippen MR) is 49.2 cm³/mol. The van der Waals surface area contributed by atoms with Gasteiger partial charge in [-0.1, -0.05) is 0 Å². The van der Waals surface area contributed by atoms with Crippen molar-refractivity contribution in [3.8, 4) is 0 Å². The summed E-state index contributed by atoms with van der Waals surface area (Å²) in [5.74, 6) is 0. The Kier molecular flexibility index (Phi) is 1.51. The van der Waals surface area contributed by atoms with E-state index in [1.54, 1.807) is 19.3 Å². The second-order valence-electron chi connectivity index (χ2n) is 2.77. The lowest BCUT2D eigenvalue weighted by atomic mass is 10.3. The minimum Gasteiger partial charge on any atom is -0.394 e. The molecular formula is C8H8N4O. The Morgan fingerprint density at radius 2 is 2.31 bits per heavy atom. The average Bonchev–Trinajstić information content (AvgIpc) is 2.15. The Hall–Kier alpha value is -1.91. The summed E-state index contributed by atoms with van der Waals surface area (Å²) in [5, 5.41) is 0.766. The highest BCUT2D eigenvalue weighted by Crippen LogP contribution is 2.08. The van der Waals surface area contributed by atoms with E-state index in [1.807, 2.05) is 0 Å². The normalized spacial score (nSPS) is 10.5. The van der Waals surface area contributed by atoms with Crippen LogP contribution in [-0.2, 0) is 7.05 Å². The number of nitrogens with zero attached hydrogens (tertiary/aromatic N) is 3. The lowest BCUT2D eigenvalue weighted by molar-refractivity contribution is 0.887. The number of fused-ring (bicyclic) bond motifs is 1. The van der Waals surface area contributed by atoms with Gasteiger partial charge in [-0.25, -0.2) is 9.97 Å². The number of nitrogens with two attached hydrogens (primary N) is 1. The van der Waals surface area contributed by atoms with Gasteiger partial charge in [-0.15, -0.1) is 0 Å². The molecule has 5 heteroatoms. The molecule has 13 heavy (non-hydrogen) atoms. The zero-order valence-corrected chi connectivity index (χ0v) is 7.06. The Morgan fingerprint density at radius 3 is 3.08 bits per heavy atom. The van der Waals surface area contributed by atoms with E-state index >= 15 is 0 Å². The topological polar surface area (TPSA) is 73.8 Å². The van der Waals surface area contributed by atoms with Gasteiger partial charge < -0.3 is 5.73 Å². The molecule has 2 aromatic rings. The van der Waals surface area contributed by atoms with Crippen molar-refractivity contribution in [3.63, 3.8) is 0 Å². The first-order chi connectivity index (χ1) is 6.20. The van der Waals surface area contributed by atoms with E-state index in [9.17, 15) is 4.79 Å². The first kappa shape index (κ1) is 7.72. The van der Waals surface area contributed by atoms with Crippen LogP contribution < -0.4 is 11.3 Å². The van der Waals surface area contributed by atoms with Gasteiger partial charge in [0.1, 0.15) is 12.0 Å². The monoisotopic (exact) mass is 176 g/mol. The molecule has 0 aliphatic heterocycles. The lowest BCUT2D eigenvalue weighted by Crippen LogP contribution is -2.20. The molecule has 0 spiro atoms. The third-order valence-electron chi connectivity index (χ3n) is 1.90. The number of nitrogen functional groups attached to an aromatic ring is 1. The largest absolute Gasteiger partial charge is 0.394 e. The number of aryl methyl sites for hydroxylation is 1. The van der Waals surface area contributed by atoms with Gasteiger partial charge >= 0.3 is 0 Å². The summed E-state index contributed by atoms with van der Waals surface area (Å²) in [6.45, 7) is 0. The lowest BCUT2D eigenvalue weighted by Gasteiger charge is -2.03. The zero-order chi connectivity index (χ0) is 9.42. The van der Waals surface area contributed by atoms with Crippen LogP contribution in [0.3, 0.4) is 0 Å². The molecule has 0 amide bonds. The summed E-state index contributed by atoms with van der Waals surface area (Å²) in [6.07, 6.45) is 3.02. The highest BCUT2D eigenvalue weighted by Gasteiger charge is 2.03. The van der Waals surface area contributed by atoms with Gasteiger partial charge in [0.15, 0.2) is 0 Å². The van der Waals surface area contributed by atoms with Gasteiger partial charge in [-0.3, -0.25) is 9.36 Å². The Balaban J connectivity index is 3.02. The number of anilines is 1. The molecule has 2 N–H and O–H groups in total. The van der Waals surface area contributed by atoms with Crippen LogP contribution in [0.25, 0.3) is 11.0 Å². The van der Waals surface area contributed by atoms with Crippen molar-refractivity contribution in [1.82, 2.24) is 14.5 Å². The SMILES string of the molecule is Cn1c(=O)c(N)cc2cncnc21. The molecule has 0 aromatic carbocycles. The fraction of sp³-hybridized carbons (Fsp3) is 0.125. The van der Waals surface area contributed by atoms with Crippen LogP contribution in [0, 0.1) is 0 Å². The molecule has 5 nitrogen and oxygen atoms in total. The molecule has 0 radical (unpaired) electrons. The number of rotatable bonds is 0. The van der Waals surface area contributed by atoms with Crippen molar-refractivity contribution in [2.24, 2.45) is 7.05 Å². The van der Waals surface area contributed by atoms with E-state index in [4.69, 9.17) is 5.73 Å². The van der Waals surface area contributed by atoms with E-state index in [0.717, 1.165) is 5.39 Å². The van der Waals surface area contributed by atoms with Crippen molar-refractivity contribution in [1.29, 1.82) is 0 Å². The quantitative estimate of drug-likeness (QED) is 0.608. The Labute approximate surface area is 73.8 Å². The summed E-state index contributed by atoms with van der Waals surface area (Å²) in [6, 6.07) is 1.58. The predicted octanol–water partition coefficient (Wildman–Crippen LogP) is -0.0893. The third kappa shape index (κ3) is 1.05. The molecule has 0 atom stereocenters. The third-order valence-corrected chi connectivity index (χ3v) is 1.90. The molecule has 2 heterocycles. The Morgan fingerprint density at radius 1 is 1.54 bits per heavy atom. The van der Waals surface area contributed by atoms with Crippen molar-refractivity contribution < 1.29 is 0 Å². The standard InChI is InChI=1S/C8H8N4O/c1-12-7-5(3-10-4-11-7)2-6(9)8(12)13/h2-4H,9H2,1H3. The molecule has 2 aromatic heterocycles. The van der Waals surface area contributed by atoms with Crippen LogP contribution in [-0.4, -0.2) is 14.5 Å². The van der Waals surface area contributed by atoms with Gasteiger partial charge in [0.2, 0.25) is 0 Å². The van der Waals surface area contributed by atoms with Gasteiger partial charge in [0, 0.05) is 18.6 Å². The van der Waals surface area contributed by atoms with Gasteiger partial charge in [-0.05, 0) is 6.07 Å². The summed E-state index contributed by atoms with van der Waals surface area (Å²) < 4.78 is 1.41. The second kappa shape index (κ2) is 2.55. The maximum absolute atomic E-state index is 11.4. The smallest absolute Gasteiger partial charge is 0.275 e. The number of pyridine rings is 1. The molecule has 0 aliphatic rings. The van der Waals surface area contributed by atoms with E-state index in [-0.39, 0.29) is 11.2 Å². The van der Waals surface area contributed by atoms with Crippen LogP contribution >= 0.6 is 0 Å². The first-order valence-electron chi connectivity index (χ1n) is 3.75. The fourth-order valence-electron chi connectivity index (χ4n) is 1.24. The number of hydrogen-bond acceptors (Lipinski definition) is 4. The zero-order valence-electron chi connectivity index (χ0n) is 7.06. The van der Waals surface area contributed by atoms with E-state index < -0.39 is 0 Å². The minimum absolute atomic E-state index is 0.213. The van der Waals surface area contributed by atoms with Crippen LogP contribution in [0.4, 0.5) is 5.69 Å². The molecule has 0 aliphatic carbocycles. The van der Waals surface area contributed by atoms with Crippen molar-refractivity contribution in [2.75, 3.05) is 5.73 Å². The van der Waals surface area contributed by atoms with E-state index in [1.165, 1.54) is 10.9 Å². The minimum atomic E-state index is -0.230. The van der Waals surface area contributed by atoms with Crippen LogP contribution in [0.5, 0.6) is 0 Å². The van der Waals surface area contributed by atoms with Gasteiger partial charge in [-0.2, -0.15) is 0 Å². The second-order valence-corrected chi connectivity index (χ2v) is 2.77. The highest BCUT2D eigenvalue weighted by molar-refractivity contribution is 5.76. The summed E-state index contributed by atoms with van der Waals surface area (Å²) in [7, 11) is 1.63. The summed E-state index contributed by atoms with van der Waals surface area (Å²) in [5.41, 5.74) is 6.07.